The van der Waals surface area contributed by atoms with Crippen LogP contribution in [-0.4, -0.2) is 88.3 Å². The first kappa shape index (κ1) is 29.1. The summed E-state index contributed by atoms with van der Waals surface area (Å²) in [5, 5.41) is 11.5. The molecule has 0 saturated carbocycles. The quantitative estimate of drug-likeness (QED) is 0.308. The van der Waals surface area contributed by atoms with Gasteiger partial charge in [0.1, 0.15) is 52.9 Å². The molecular weight excluding hydrogens is 599 g/mol. The van der Waals surface area contributed by atoms with Gasteiger partial charge in [-0.3, -0.25) is 4.90 Å². The number of hydrogen-bond donors (Lipinski definition) is 1. The van der Waals surface area contributed by atoms with E-state index in [4.69, 9.17) is 25.6 Å². The molecule has 9 nitrogen and oxygen atoms in total. The van der Waals surface area contributed by atoms with Crippen LogP contribution in [0.15, 0.2) is 24.3 Å². The first-order valence-electron chi connectivity index (χ1n) is 15.6. The number of aromatic hydroxyl groups is 1. The zero-order valence-electron chi connectivity index (χ0n) is 25.2. The number of alkyl halides is 1. The molecule has 0 aliphatic carbocycles. The topological polar surface area (TPSA) is 93.1 Å². The predicted octanol–water partition coefficient (Wildman–Crippen LogP) is 5.14. The molecule has 2 aromatic carbocycles. The molecule has 6 heterocycles. The SMILES string of the molecule is C#Cc1c(F)ccc2cc(O)cc(-c3nc4c5c(nc(OC[C@@]67CCCN6C[C@H](F)C7)nc5c3F)N3CCCOC[C@H]3[C@H](C)O4)c12. The van der Waals surface area contributed by atoms with Gasteiger partial charge in [0.2, 0.25) is 5.88 Å². The molecule has 4 aliphatic rings. The molecule has 0 radical (unpaired) electrons. The molecular formula is C34H32F3N5O4. The van der Waals surface area contributed by atoms with Crippen LogP contribution < -0.4 is 14.4 Å². The first-order valence-corrected chi connectivity index (χ1v) is 15.6. The van der Waals surface area contributed by atoms with Crippen LogP contribution in [0.4, 0.5) is 19.0 Å². The number of benzene rings is 2. The molecule has 0 spiro atoms. The van der Waals surface area contributed by atoms with Gasteiger partial charge in [0, 0.05) is 37.1 Å². The lowest BCUT2D eigenvalue weighted by atomic mass is 9.95. The lowest BCUT2D eigenvalue weighted by Gasteiger charge is -2.32. The standard InChI is InChI=1S/C34H32F3N5O4/c1-3-22-24(36)7-6-19-12-21(43)13-23(26(19)22)29-28(37)30-27-31(42-10-5-11-44-16-25(42)18(2)46-32(27)38-29)40-33(39-30)45-17-34-8-4-9-41(34)15-20(35)14-34/h1,6-7,12-13,18,20,25,43H,4-5,8-11,14-17H2,2H3/t18-,20+,25-,34-/m0/s1. The van der Waals surface area contributed by atoms with Crippen LogP contribution >= 0.6 is 0 Å². The average Bonchev–Trinajstić information content (AvgIpc) is 3.40. The fraction of sp³-hybridized carbons (Fsp3) is 0.441. The maximum Gasteiger partial charge on any atom is 0.319 e. The Morgan fingerprint density at radius 1 is 1.15 bits per heavy atom. The second-order valence-corrected chi connectivity index (χ2v) is 12.7. The van der Waals surface area contributed by atoms with Crippen molar-refractivity contribution in [1.29, 1.82) is 0 Å². The van der Waals surface area contributed by atoms with E-state index in [-0.39, 0.29) is 63.4 Å². The van der Waals surface area contributed by atoms with Crippen LogP contribution in [0.2, 0.25) is 0 Å². The minimum absolute atomic E-state index is 0.0531. The van der Waals surface area contributed by atoms with E-state index in [1.807, 2.05) is 11.8 Å². The van der Waals surface area contributed by atoms with E-state index < -0.39 is 29.4 Å². The highest BCUT2D eigenvalue weighted by molar-refractivity contribution is 6.04. The highest BCUT2D eigenvalue weighted by Crippen LogP contribution is 2.45. The number of aromatic nitrogens is 3. The van der Waals surface area contributed by atoms with E-state index in [9.17, 15) is 13.9 Å². The van der Waals surface area contributed by atoms with Crippen LogP contribution in [0.5, 0.6) is 17.6 Å². The van der Waals surface area contributed by atoms with Crippen molar-refractivity contribution in [2.75, 3.05) is 44.4 Å². The van der Waals surface area contributed by atoms with Crippen molar-refractivity contribution in [3.05, 3.63) is 41.5 Å². The number of phenols is 1. The van der Waals surface area contributed by atoms with E-state index >= 15 is 4.39 Å². The molecule has 3 saturated heterocycles. The Balaban J connectivity index is 1.35. The van der Waals surface area contributed by atoms with Gasteiger partial charge < -0.3 is 24.2 Å². The Morgan fingerprint density at radius 3 is 2.87 bits per heavy atom. The summed E-state index contributed by atoms with van der Waals surface area (Å²) in [6.45, 7) is 4.67. The van der Waals surface area contributed by atoms with E-state index in [1.54, 1.807) is 0 Å². The van der Waals surface area contributed by atoms with Gasteiger partial charge in [0.05, 0.1) is 23.8 Å². The molecule has 4 aromatic rings. The predicted molar refractivity (Wildman–Crippen MR) is 165 cm³/mol. The second kappa shape index (κ2) is 10.9. The van der Waals surface area contributed by atoms with E-state index in [0.717, 1.165) is 19.4 Å². The van der Waals surface area contributed by atoms with Crippen molar-refractivity contribution in [2.45, 2.75) is 56.5 Å². The number of anilines is 1. The Labute approximate surface area is 263 Å². The molecule has 0 bridgehead atoms. The van der Waals surface area contributed by atoms with Gasteiger partial charge in [-0.05, 0) is 56.3 Å². The van der Waals surface area contributed by atoms with Crippen LogP contribution in [0.1, 0.15) is 38.2 Å². The fourth-order valence-electron chi connectivity index (χ4n) is 7.74. The number of halogens is 3. The molecule has 8 rings (SSSR count). The minimum atomic E-state index is -0.939. The number of pyridine rings is 1. The molecule has 0 amide bonds. The Hall–Kier alpha value is -4.34. The monoisotopic (exact) mass is 631 g/mol. The number of fused-ring (bicyclic) bond motifs is 4. The smallest absolute Gasteiger partial charge is 0.319 e. The summed E-state index contributed by atoms with van der Waals surface area (Å²) < 4.78 is 65.0. The minimum Gasteiger partial charge on any atom is -0.508 e. The number of terminal acetylenes is 1. The van der Waals surface area contributed by atoms with Gasteiger partial charge in [-0.1, -0.05) is 12.0 Å². The summed E-state index contributed by atoms with van der Waals surface area (Å²) in [6, 6.07) is 5.07. The average molecular weight is 632 g/mol. The van der Waals surface area contributed by atoms with Crippen LogP contribution in [0.3, 0.4) is 0 Å². The summed E-state index contributed by atoms with van der Waals surface area (Å²) in [6.07, 6.45) is 7.12. The van der Waals surface area contributed by atoms with E-state index in [1.165, 1.54) is 24.3 Å². The van der Waals surface area contributed by atoms with Crippen molar-refractivity contribution >= 4 is 27.5 Å². The van der Waals surface area contributed by atoms with Crippen molar-refractivity contribution in [3.8, 4) is 41.2 Å². The molecule has 12 heteroatoms. The zero-order valence-corrected chi connectivity index (χ0v) is 25.2. The second-order valence-electron chi connectivity index (χ2n) is 12.7. The highest BCUT2D eigenvalue weighted by atomic mass is 19.1. The molecule has 1 N–H and O–H groups in total. The fourth-order valence-corrected chi connectivity index (χ4v) is 7.74. The highest BCUT2D eigenvalue weighted by Gasteiger charge is 2.49. The first-order chi connectivity index (χ1) is 22.3. The normalized spacial score (nSPS) is 25.9. The zero-order chi connectivity index (χ0) is 31.7. The summed E-state index contributed by atoms with van der Waals surface area (Å²) >= 11 is 0. The molecule has 2 aromatic heterocycles. The summed E-state index contributed by atoms with van der Waals surface area (Å²) in [5.41, 5.74) is -0.803. The maximum atomic E-state index is 17.0. The summed E-state index contributed by atoms with van der Waals surface area (Å²) in [5.74, 6) is 1.17. The van der Waals surface area contributed by atoms with Gasteiger partial charge >= 0.3 is 6.01 Å². The molecule has 0 unspecified atom stereocenters. The molecule has 4 aliphatic heterocycles. The third-order valence-corrected chi connectivity index (χ3v) is 9.88. The van der Waals surface area contributed by atoms with Crippen LogP contribution in [-0.2, 0) is 4.74 Å². The molecule has 3 fully saturated rings. The summed E-state index contributed by atoms with van der Waals surface area (Å²) in [4.78, 5) is 18.2. The lowest BCUT2D eigenvalue weighted by Crippen LogP contribution is -2.46. The Morgan fingerprint density at radius 2 is 2.02 bits per heavy atom. The molecule has 238 valence electrons. The van der Waals surface area contributed by atoms with Crippen molar-refractivity contribution < 1.29 is 32.5 Å². The summed E-state index contributed by atoms with van der Waals surface area (Å²) in [7, 11) is 0. The van der Waals surface area contributed by atoms with Gasteiger partial charge in [0.15, 0.2) is 5.82 Å². The third kappa shape index (κ3) is 4.51. The van der Waals surface area contributed by atoms with Gasteiger partial charge in [-0.2, -0.15) is 9.97 Å². The van der Waals surface area contributed by atoms with Gasteiger partial charge in [0.25, 0.3) is 0 Å². The molecule has 4 atom stereocenters. The van der Waals surface area contributed by atoms with E-state index in [2.05, 4.69) is 20.8 Å². The Kier molecular flexibility index (Phi) is 6.88. The largest absolute Gasteiger partial charge is 0.508 e. The number of rotatable bonds is 4. The third-order valence-electron chi connectivity index (χ3n) is 9.88. The van der Waals surface area contributed by atoms with Crippen molar-refractivity contribution in [2.24, 2.45) is 0 Å². The lowest BCUT2D eigenvalue weighted by molar-refractivity contribution is 0.0919. The van der Waals surface area contributed by atoms with Crippen molar-refractivity contribution in [1.82, 2.24) is 19.9 Å². The maximum absolute atomic E-state index is 17.0. The van der Waals surface area contributed by atoms with Gasteiger partial charge in [-0.25, -0.2) is 18.2 Å². The van der Waals surface area contributed by atoms with Crippen molar-refractivity contribution in [3.63, 3.8) is 0 Å². The number of nitrogens with zero attached hydrogens (tertiary/aromatic N) is 5. The van der Waals surface area contributed by atoms with E-state index in [0.29, 0.717) is 50.3 Å². The molecule has 46 heavy (non-hydrogen) atoms. The van der Waals surface area contributed by atoms with Crippen LogP contribution in [0, 0.1) is 24.0 Å². The number of phenolic OH excluding ortho intramolecular Hbond substituents is 1. The van der Waals surface area contributed by atoms with Gasteiger partial charge in [-0.15, -0.1) is 6.42 Å². The van der Waals surface area contributed by atoms with Crippen LogP contribution in [0.25, 0.3) is 32.9 Å². The number of hydrogen-bond acceptors (Lipinski definition) is 9. The Bertz CT molecular complexity index is 1940. The number of ether oxygens (including phenoxy) is 3.